The molecular formula is C12H23N3O4. The molecule has 1 atom stereocenters. The number of rotatable bonds is 7. The fraction of sp³-hybridized carbons (Fsp3) is 0.750. The number of amides is 3. The van der Waals surface area contributed by atoms with E-state index in [1.165, 1.54) is 7.05 Å². The second kappa shape index (κ2) is 8.34. The van der Waals surface area contributed by atoms with Gasteiger partial charge in [-0.1, -0.05) is 13.8 Å². The fourth-order valence-corrected chi connectivity index (χ4v) is 1.49. The molecular weight excluding hydrogens is 250 g/mol. The standard InChI is InChI=1S/C12H23N3O4/c1-5-13-10(16)7-15(4)12(19)14-9(11(17)18)6-8(2)3/h8-9H,5-7H2,1-4H3,(H,13,16)(H,14,19)(H,17,18)/t9-/m1/s1. The van der Waals surface area contributed by atoms with Crippen LogP contribution in [0.25, 0.3) is 0 Å². The molecule has 0 aliphatic carbocycles. The highest BCUT2D eigenvalue weighted by Crippen LogP contribution is 2.05. The number of hydrogen-bond acceptors (Lipinski definition) is 3. The molecule has 0 aromatic carbocycles. The van der Waals surface area contributed by atoms with Crippen LogP contribution in [0.1, 0.15) is 27.2 Å². The van der Waals surface area contributed by atoms with Crippen LogP contribution in [0.2, 0.25) is 0 Å². The van der Waals surface area contributed by atoms with Gasteiger partial charge in [-0.3, -0.25) is 4.79 Å². The van der Waals surface area contributed by atoms with Crippen LogP contribution in [0.15, 0.2) is 0 Å². The van der Waals surface area contributed by atoms with E-state index in [9.17, 15) is 14.4 Å². The van der Waals surface area contributed by atoms with Crippen molar-refractivity contribution in [3.05, 3.63) is 0 Å². The van der Waals surface area contributed by atoms with E-state index in [2.05, 4.69) is 10.6 Å². The first kappa shape index (κ1) is 17.2. The normalized spacial score (nSPS) is 11.8. The van der Waals surface area contributed by atoms with Crippen molar-refractivity contribution in [1.82, 2.24) is 15.5 Å². The zero-order valence-corrected chi connectivity index (χ0v) is 11.9. The van der Waals surface area contributed by atoms with Crippen molar-refractivity contribution in [1.29, 1.82) is 0 Å². The lowest BCUT2D eigenvalue weighted by Gasteiger charge is -2.21. The quantitative estimate of drug-likeness (QED) is 0.619. The van der Waals surface area contributed by atoms with Gasteiger partial charge in [-0.05, 0) is 19.3 Å². The summed E-state index contributed by atoms with van der Waals surface area (Å²) < 4.78 is 0. The van der Waals surface area contributed by atoms with Crippen LogP contribution in [0.3, 0.4) is 0 Å². The lowest BCUT2D eigenvalue weighted by molar-refractivity contribution is -0.139. The Labute approximate surface area is 113 Å². The molecule has 0 rings (SSSR count). The van der Waals surface area contributed by atoms with Gasteiger partial charge in [-0.2, -0.15) is 0 Å². The third kappa shape index (κ3) is 7.28. The number of carboxylic acids is 1. The van der Waals surface area contributed by atoms with E-state index >= 15 is 0 Å². The molecule has 0 saturated heterocycles. The van der Waals surface area contributed by atoms with E-state index in [1.807, 2.05) is 13.8 Å². The van der Waals surface area contributed by atoms with E-state index in [-0.39, 0.29) is 18.4 Å². The maximum Gasteiger partial charge on any atom is 0.326 e. The molecule has 0 radical (unpaired) electrons. The summed E-state index contributed by atoms with van der Waals surface area (Å²) >= 11 is 0. The minimum Gasteiger partial charge on any atom is -0.480 e. The smallest absolute Gasteiger partial charge is 0.326 e. The molecule has 0 unspecified atom stereocenters. The molecule has 0 aliphatic rings. The second-order valence-corrected chi connectivity index (χ2v) is 4.78. The first-order valence-electron chi connectivity index (χ1n) is 6.29. The minimum atomic E-state index is -1.08. The van der Waals surface area contributed by atoms with E-state index in [4.69, 9.17) is 5.11 Å². The summed E-state index contributed by atoms with van der Waals surface area (Å²) in [6, 6.07) is -1.51. The Morgan fingerprint density at radius 3 is 2.26 bits per heavy atom. The molecule has 0 aliphatic heterocycles. The SMILES string of the molecule is CCNC(=O)CN(C)C(=O)N[C@H](CC(C)C)C(=O)O. The maximum absolute atomic E-state index is 11.8. The Bertz CT molecular complexity index is 331. The van der Waals surface area contributed by atoms with Gasteiger partial charge in [0.25, 0.3) is 0 Å². The maximum atomic E-state index is 11.8. The molecule has 7 nitrogen and oxygen atoms in total. The van der Waals surface area contributed by atoms with Gasteiger partial charge in [-0.25, -0.2) is 9.59 Å². The fourth-order valence-electron chi connectivity index (χ4n) is 1.49. The summed E-state index contributed by atoms with van der Waals surface area (Å²) in [6.45, 7) is 5.91. The monoisotopic (exact) mass is 273 g/mol. The summed E-state index contributed by atoms with van der Waals surface area (Å²) in [5, 5.41) is 14.0. The number of carbonyl (C=O) groups is 3. The molecule has 0 aromatic rings. The Balaban J connectivity index is 4.39. The highest BCUT2D eigenvalue weighted by molar-refractivity contribution is 5.86. The first-order chi connectivity index (χ1) is 8.77. The zero-order valence-electron chi connectivity index (χ0n) is 11.9. The molecule has 0 saturated carbocycles. The van der Waals surface area contributed by atoms with Crippen LogP contribution in [0, 0.1) is 5.92 Å². The molecule has 0 spiro atoms. The highest BCUT2D eigenvalue weighted by Gasteiger charge is 2.23. The van der Waals surface area contributed by atoms with Crippen molar-refractivity contribution in [2.75, 3.05) is 20.1 Å². The van der Waals surface area contributed by atoms with Crippen molar-refractivity contribution < 1.29 is 19.5 Å². The Kier molecular flexibility index (Phi) is 7.55. The van der Waals surface area contributed by atoms with E-state index in [0.29, 0.717) is 13.0 Å². The van der Waals surface area contributed by atoms with Gasteiger partial charge in [0.2, 0.25) is 5.91 Å². The number of nitrogens with zero attached hydrogens (tertiary/aromatic N) is 1. The predicted molar refractivity (Wildman–Crippen MR) is 70.7 cm³/mol. The number of carboxylic acid groups (broad SMARTS) is 1. The zero-order chi connectivity index (χ0) is 15.0. The number of likely N-dealkylation sites (N-methyl/N-ethyl adjacent to an activating group) is 2. The minimum absolute atomic E-state index is 0.103. The Morgan fingerprint density at radius 2 is 1.84 bits per heavy atom. The number of hydrogen-bond donors (Lipinski definition) is 3. The average Bonchev–Trinajstić information content (AvgIpc) is 2.27. The lowest BCUT2D eigenvalue weighted by atomic mass is 10.0. The van der Waals surface area contributed by atoms with Crippen molar-refractivity contribution in [2.45, 2.75) is 33.2 Å². The topological polar surface area (TPSA) is 98.7 Å². The largest absolute Gasteiger partial charge is 0.480 e. The van der Waals surface area contributed by atoms with Gasteiger partial charge >= 0.3 is 12.0 Å². The third-order valence-corrected chi connectivity index (χ3v) is 2.40. The molecule has 110 valence electrons. The van der Waals surface area contributed by atoms with E-state index < -0.39 is 18.0 Å². The molecule has 3 amide bonds. The van der Waals surface area contributed by atoms with Crippen LogP contribution < -0.4 is 10.6 Å². The summed E-state index contributed by atoms with van der Waals surface area (Å²) in [6.07, 6.45) is 0.343. The average molecular weight is 273 g/mol. The van der Waals surface area contributed by atoms with Gasteiger partial charge < -0.3 is 20.6 Å². The first-order valence-corrected chi connectivity index (χ1v) is 6.29. The Hall–Kier alpha value is -1.79. The molecule has 7 heteroatoms. The number of urea groups is 1. The summed E-state index contributed by atoms with van der Waals surface area (Å²) in [5.74, 6) is -1.21. The van der Waals surface area contributed by atoms with Crippen molar-refractivity contribution in [3.8, 4) is 0 Å². The summed E-state index contributed by atoms with van der Waals surface area (Å²) in [5.41, 5.74) is 0. The molecule has 0 heterocycles. The van der Waals surface area contributed by atoms with E-state index in [1.54, 1.807) is 6.92 Å². The second-order valence-electron chi connectivity index (χ2n) is 4.78. The van der Waals surface area contributed by atoms with Crippen molar-refractivity contribution in [3.63, 3.8) is 0 Å². The molecule has 3 N–H and O–H groups in total. The Morgan fingerprint density at radius 1 is 1.26 bits per heavy atom. The molecule has 0 fully saturated rings. The van der Waals surface area contributed by atoms with Gasteiger partial charge in [0, 0.05) is 13.6 Å². The van der Waals surface area contributed by atoms with Crippen molar-refractivity contribution >= 4 is 17.9 Å². The summed E-state index contributed by atoms with van der Waals surface area (Å²) in [7, 11) is 1.44. The molecule has 19 heavy (non-hydrogen) atoms. The van der Waals surface area contributed by atoms with Gasteiger partial charge in [0.15, 0.2) is 0 Å². The predicted octanol–water partition coefficient (Wildman–Crippen LogP) is 0.263. The van der Waals surface area contributed by atoms with Crippen LogP contribution in [0.4, 0.5) is 4.79 Å². The van der Waals surface area contributed by atoms with Crippen LogP contribution >= 0.6 is 0 Å². The lowest BCUT2D eigenvalue weighted by Crippen LogP contribution is -2.49. The van der Waals surface area contributed by atoms with Crippen LogP contribution in [0.5, 0.6) is 0 Å². The third-order valence-electron chi connectivity index (χ3n) is 2.40. The summed E-state index contributed by atoms with van der Waals surface area (Å²) in [4.78, 5) is 35.2. The van der Waals surface area contributed by atoms with Crippen molar-refractivity contribution in [2.24, 2.45) is 5.92 Å². The number of aliphatic carboxylic acids is 1. The number of carbonyl (C=O) groups excluding carboxylic acids is 2. The van der Waals surface area contributed by atoms with Gasteiger partial charge in [0.1, 0.15) is 12.6 Å². The van der Waals surface area contributed by atoms with Gasteiger partial charge in [-0.15, -0.1) is 0 Å². The van der Waals surface area contributed by atoms with Crippen LogP contribution in [-0.4, -0.2) is 54.1 Å². The van der Waals surface area contributed by atoms with Crippen LogP contribution in [-0.2, 0) is 9.59 Å². The molecule has 0 aromatic heterocycles. The molecule has 0 bridgehead atoms. The van der Waals surface area contributed by atoms with Gasteiger partial charge in [0.05, 0.1) is 0 Å². The number of nitrogens with one attached hydrogen (secondary N) is 2. The highest BCUT2D eigenvalue weighted by atomic mass is 16.4. The van der Waals surface area contributed by atoms with E-state index in [0.717, 1.165) is 4.90 Å².